The lowest BCUT2D eigenvalue weighted by atomic mass is 10.2. The maximum Gasteiger partial charge on any atom is 0.405 e. The molecule has 1 aromatic carbocycles. The zero-order valence-electron chi connectivity index (χ0n) is 12.1. The van der Waals surface area contributed by atoms with Crippen molar-refractivity contribution in [1.82, 2.24) is 15.3 Å². The third kappa shape index (κ3) is 4.63. The number of benzene rings is 1. The summed E-state index contributed by atoms with van der Waals surface area (Å²) in [4.78, 5) is 30.4. The second-order valence-corrected chi connectivity index (χ2v) is 4.57. The number of hydrogen-bond acceptors (Lipinski definition) is 5. The Morgan fingerprint density at radius 1 is 1.26 bits per heavy atom. The van der Waals surface area contributed by atoms with Crippen molar-refractivity contribution in [2.75, 3.05) is 10.6 Å². The summed E-state index contributed by atoms with van der Waals surface area (Å²) < 4.78 is 13.4. The Bertz CT molecular complexity index is 711. The molecule has 0 radical (unpaired) electrons. The molecule has 0 aliphatic carbocycles. The van der Waals surface area contributed by atoms with Gasteiger partial charge in [-0.15, -0.1) is 0 Å². The number of carbonyl (C=O) groups is 2. The third-order valence-corrected chi connectivity index (χ3v) is 2.80. The Morgan fingerprint density at radius 2 is 2.04 bits per heavy atom. The average Bonchev–Trinajstić information content (AvgIpc) is 2.50. The van der Waals surface area contributed by atoms with Gasteiger partial charge in [-0.3, -0.25) is 9.78 Å². The van der Waals surface area contributed by atoms with Gasteiger partial charge in [0, 0.05) is 12.4 Å². The first-order valence-corrected chi connectivity index (χ1v) is 6.58. The summed E-state index contributed by atoms with van der Waals surface area (Å²) in [5.41, 5.74) is 0.544. The number of rotatable bonds is 5. The highest BCUT2D eigenvalue weighted by molar-refractivity contribution is 5.98. The van der Waals surface area contributed by atoms with Crippen LogP contribution in [0.4, 0.5) is 26.4 Å². The first kappa shape index (κ1) is 16.1. The van der Waals surface area contributed by atoms with Gasteiger partial charge in [0.15, 0.2) is 0 Å². The SMILES string of the molecule is C[C@H](NC(=O)O)C(=O)Nc1ccc(F)cc1Nc1cnccn1. The van der Waals surface area contributed by atoms with Crippen molar-refractivity contribution in [3.8, 4) is 0 Å². The van der Waals surface area contributed by atoms with E-state index >= 15 is 0 Å². The van der Waals surface area contributed by atoms with E-state index < -0.39 is 23.9 Å². The fourth-order valence-electron chi connectivity index (χ4n) is 1.72. The largest absolute Gasteiger partial charge is 0.465 e. The van der Waals surface area contributed by atoms with Gasteiger partial charge in [-0.25, -0.2) is 14.2 Å². The summed E-state index contributed by atoms with van der Waals surface area (Å²) >= 11 is 0. The van der Waals surface area contributed by atoms with Gasteiger partial charge in [0.05, 0.1) is 17.6 Å². The lowest BCUT2D eigenvalue weighted by Gasteiger charge is -2.15. The monoisotopic (exact) mass is 319 g/mol. The van der Waals surface area contributed by atoms with E-state index in [1.165, 1.54) is 43.7 Å². The third-order valence-electron chi connectivity index (χ3n) is 2.80. The molecule has 1 heterocycles. The van der Waals surface area contributed by atoms with Gasteiger partial charge in [-0.05, 0) is 25.1 Å². The van der Waals surface area contributed by atoms with E-state index in [1.807, 2.05) is 5.32 Å². The number of anilines is 3. The van der Waals surface area contributed by atoms with Crippen molar-refractivity contribution in [1.29, 1.82) is 0 Å². The van der Waals surface area contributed by atoms with Gasteiger partial charge >= 0.3 is 6.09 Å². The summed E-state index contributed by atoms with van der Waals surface area (Å²) in [5.74, 6) is -0.724. The molecule has 4 N–H and O–H groups in total. The van der Waals surface area contributed by atoms with Crippen LogP contribution in [-0.4, -0.2) is 33.1 Å². The first-order valence-electron chi connectivity index (χ1n) is 6.58. The quantitative estimate of drug-likeness (QED) is 0.669. The molecule has 0 aliphatic heterocycles. The fraction of sp³-hybridized carbons (Fsp3) is 0.143. The van der Waals surface area contributed by atoms with Crippen LogP contribution in [0, 0.1) is 5.82 Å². The van der Waals surface area contributed by atoms with Crippen LogP contribution < -0.4 is 16.0 Å². The molecule has 1 atom stereocenters. The minimum Gasteiger partial charge on any atom is -0.465 e. The molecule has 0 fully saturated rings. The highest BCUT2D eigenvalue weighted by Gasteiger charge is 2.16. The molecule has 2 amide bonds. The smallest absolute Gasteiger partial charge is 0.405 e. The molecule has 9 heteroatoms. The van der Waals surface area contributed by atoms with Crippen LogP contribution in [0.3, 0.4) is 0 Å². The van der Waals surface area contributed by atoms with Gasteiger partial charge < -0.3 is 21.1 Å². The number of halogens is 1. The van der Waals surface area contributed by atoms with E-state index in [9.17, 15) is 14.0 Å². The number of aromatic nitrogens is 2. The zero-order chi connectivity index (χ0) is 16.8. The molecule has 0 spiro atoms. The highest BCUT2D eigenvalue weighted by atomic mass is 19.1. The van der Waals surface area contributed by atoms with Gasteiger partial charge in [0.2, 0.25) is 5.91 Å². The lowest BCUT2D eigenvalue weighted by molar-refractivity contribution is -0.117. The van der Waals surface area contributed by atoms with Crippen LogP contribution in [0.2, 0.25) is 0 Å². The van der Waals surface area contributed by atoms with Crippen molar-refractivity contribution < 1.29 is 19.1 Å². The minimum absolute atomic E-state index is 0.265. The maximum absolute atomic E-state index is 13.4. The van der Waals surface area contributed by atoms with Gasteiger partial charge in [-0.2, -0.15) is 0 Å². The molecule has 8 nitrogen and oxygen atoms in total. The van der Waals surface area contributed by atoms with Crippen molar-refractivity contribution in [3.05, 3.63) is 42.6 Å². The highest BCUT2D eigenvalue weighted by Crippen LogP contribution is 2.25. The van der Waals surface area contributed by atoms with Gasteiger partial charge in [0.25, 0.3) is 0 Å². The van der Waals surface area contributed by atoms with E-state index in [2.05, 4.69) is 20.6 Å². The topological polar surface area (TPSA) is 116 Å². The molecular weight excluding hydrogens is 305 g/mol. The molecule has 23 heavy (non-hydrogen) atoms. The zero-order valence-corrected chi connectivity index (χ0v) is 12.1. The normalized spacial score (nSPS) is 11.4. The number of amides is 2. The minimum atomic E-state index is -1.32. The Morgan fingerprint density at radius 3 is 2.70 bits per heavy atom. The number of carboxylic acid groups (broad SMARTS) is 1. The second kappa shape index (κ2) is 7.16. The summed E-state index contributed by atoms with van der Waals surface area (Å²) in [5, 5.41) is 16.0. The number of nitrogens with one attached hydrogen (secondary N) is 3. The van der Waals surface area contributed by atoms with E-state index in [-0.39, 0.29) is 11.4 Å². The summed E-state index contributed by atoms with van der Waals surface area (Å²) in [6.45, 7) is 1.39. The number of nitrogens with zero attached hydrogens (tertiary/aromatic N) is 2. The molecule has 0 aliphatic rings. The Balaban J connectivity index is 2.18. The maximum atomic E-state index is 13.4. The standard InChI is InChI=1S/C14H14FN5O3/c1-8(18-14(22)23)13(21)20-10-3-2-9(15)6-11(10)19-12-7-16-4-5-17-12/h2-8,18H,1H3,(H,17,19)(H,20,21)(H,22,23)/t8-/m0/s1. The van der Waals surface area contributed by atoms with Crippen molar-refractivity contribution in [2.24, 2.45) is 0 Å². The average molecular weight is 319 g/mol. The van der Waals surface area contributed by atoms with Gasteiger partial charge in [-0.1, -0.05) is 0 Å². The van der Waals surface area contributed by atoms with Crippen LogP contribution in [0.1, 0.15) is 6.92 Å². The molecule has 120 valence electrons. The molecule has 1 aromatic heterocycles. The lowest BCUT2D eigenvalue weighted by Crippen LogP contribution is -2.40. The van der Waals surface area contributed by atoms with Crippen LogP contribution in [0.25, 0.3) is 0 Å². The van der Waals surface area contributed by atoms with Crippen LogP contribution in [0.15, 0.2) is 36.8 Å². The molecule has 0 saturated heterocycles. The van der Waals surface area contributed by atoms with E-state index in [0.29, 0.717) is 5.82 Å². The Hall–Kier alpha value is -3.23. The van der Waals surface area contributed by atoms with Gasteiger partial charge in [0.1, 0.15) is 17.7 Å². The van der Waals surface area contributed by atoms with Crippen LogP contribution in [-0.2, 0) is 4.79 Å². The summed E-state index contributed by atoms with van der Waals surface area (Å²) in [6.07, 6.45) is 3.06. The van der Waals surface area contributed by atoms with E-state index in [0.717, 1.165) is 0 Å². The molecule has 2 aromatic rings. The predicted octanol–water partition coefficient (Wildman–Crippen LogP) is 1.95. The Kier molecular flexibility index (Phi) is 5.03. The van der Waals surface area contributed by atoms with Crippen molar-refractivity contribution in [2.45, 2.75) is 13.0 Å². The number of carbonyl (C=O) groups excluding carboxylic acids is 1. The molecule has 0 unspecified atom stereocenters. The molecular formula is C14H14FN5O3. The summed E-state index contributed by atoms with van der Waals surface area (Å²) in [7, 11) is 0. The van der Waals surface area contributed by atoms with E-state index in [4.69, 9.17) is 5.11 Å². The Labute approximate surface area is 130 Å². The van der Waals surface area contributed by atoms with Crippen molar-refractivity contribution in [3.63, 3.8) is 0 Å². The van der Waals surface area contributed by atoms with Crippen LogP contribution >= 0.6 is 0 Å². The van der Waals surface area contributed by atoms with Crippen LogP contribution in [0.5, 0.6) is 0 Å². The van der Waals surface area contributed by atoms with E-state index in [1.54, 1.807) is 0 Å². The predicted molar refractivity (Wildman–Crippen MR) is 81.0 cm³/mol. The first-order chi connectivity index (χ1) is 11.0. The summed E-state index contributed by atoms with van der Waals surface area (Å²) in [6, 6.07) is 2.74. The fourth-order valence-corrected chi connectivity index (χ4v) is 1.72. The second-order valence-electron chi connectivity index (χ2n) is 4.57. The molecule has 0 saturated carbocycles. The van der Waals surface area contributed by atoms with Crippen molar-refractivity contribution >= 4 is 29.2 Å². The number of hydrogen-bond donors (Lipinski definition) is 4. The molecule has 2 rings (SSSR count). The molecule has 0 bridgehead atoms.